The number of nitrogens with zero attached hydrogens (tertiary/aromatic N) is 1. The summed E-state index contributed by atoms with van der Waals surface area (Å²) in [6, 6.07) is 23.3. The monoisotopic (exact) mass is 425 g/mol. The van der Waals surface area contributed by atoms with E-state index in [2.05, 4.69) is 30.4 Å². The Kier molecular flexibility index (Phi) is 6.50. The lowest BCUT2D eigenvalue weighted by Gasteiger charge is -2.13. The van der Waals surface area contributed by atoms with Gasteiger partial charge in [0.25, 0.3) is 11.8 Å². The van der Waals surface area contributed by atoms with Crippen LogP contribution < -0.4 is 4.74 Å². The van der Waals surface area contributed by atoms with Crippen molar-refractivity contribution in [3.63, 3.8) is 0 Å². The van der Waals surface area contributed by atoms with E-state index in [-0.39, 0.29) is 17.9 Å². The molecule has 0 saturated heterocycles. The first-order chi connectivity index (χ1) is 15.5. The van der Waals surface area contributed by atoms with Gasteiger partial charge in [0, 0.05) is 12.1 Å². The number of ether oxygens (including phenoxy) is 1. The van der Waals surface area contributed by atoms with Crippen LogP contribution in [0.25, 0.3) is 12.2 Å². The van der Waals surface area contributed by atoms with Crippen molar-refractivity contribution in [1.82, 2.24) is 4.90 Å². The van der Waals surface area contributed by atoms with E-state index in [0.29, 0.717) is 17.7 Å². The molecular formula is C28H27NO3. The molecule has 1 aliphatic rings. The van der Waals surface area contributed by atoms with Crippen molar-refractivity contribution in [2.24, 2.45) is 0 Å². The van der Waals surface area contributed by atoms with Crippen LogP contribution >= 0.6 is 0 Å². The molecular weight excluding hydrogens is 398 g/mol. The number of hydrogen-bond donors (Lipinski definition) is 0. The summed E-state index contributed by atoms with van der Waals surface area (Å²) in [4.78, 5) is 26.4. The van der Waals surface area contributed by atoms with Crippen LogP contribution in [0, 0.1) is 0 Å². The third-order valence-corrected chi connectivity index (χ3v) is 5.41. The fourth-order valence-electron chi connectivity index (χ4n) is 3.90. The maximum absolute atomic E-state index is 12.5. The molecule has 0 N–H and O–H groups in total. The molecule has 0 radical (unpaired) electrons. The van der Waals surface area contributed by atoms with Crippen LogP contribution in [0.4, 0.5) is 0 Å². The lowest BCUT2D eigenvalue weighted by atomic mass is 10.0. The van der Waals surface area contributed by atoms with Gasteiger partial charge in [-0.05, 0) is 56.0 Å². The second kappa shape index (κ2) is 9.65. The van der Waals surface area contributed by atoms with E-state index in [4.69, 9.17) is 4.74 Å². The minimum absolute atomic E-state index is 0.120. The third-order valence-electron chi connectivity index (χ3n) is 5.41. The second-order valence-corrected chi connectivity index (χ2v) is 8.19. The van der Waals surface area contributed by atoms with Crippen LogP contribution in [0.2, 0.25) is 0 Å². The molecule has 4 heteroatoms. The number of imide groups is 1. The normalized spacial score (nSPS) is 13.3. The van der Waals surface area contributed by atoms with E-state index in [1.54, 1.807) is 24.3 Å². The Balaban J connectivity index is 1.38. The summed E-state index contributed by atoms with van der Waals surface area (Å²) in [5, 5.41) is 0. The molecule has 1 aliphatic heterocycles. The standard InChI is InChI=1S/C28H27NO3/c1-20(2)32-26-15-6-3-12-23(26)17-16-22-10-7-9-21(19-22)11-8-18-29-27(30)24-13-4-5-14-25(24)28(29)31/h3-7,9-10,12-17,19-20H,8,11,18H2,1-2H3. The Labute approximate surface area is 189 Å². The van der Waals surface area contributed by atoms with E-state index < -0.39 is 0 Å². The lowest BCUT2D eigenvalue weighted by molar-refractivity contribution is 0.0652. The van der Waals surface area contributed by atoms with Gasteiger partial charge >= 0.3 is 0 Å². The van der Waals surface area contributed by atoms with Gasteiger partial charge < -0.3 is 4.74 Å². The highest BCUT2D eigenvalue weighted by Gasteiger charge is 2.34. The highest BCUT2D eigenvalue weighted by atomic mass is 16.5. The summed E-state index contributed by atoms with van der Waals surface area (Å²) in [5.41, 5.74) is 4.33. The molecule has 0 fully saturated rings. The van der Waals surface area contributed by atoms with E-state index in [0.717, 1.165) is 29.7 Å². The summed E-state index contributed by atoms with van der Waals surface area (Å²) < 4.78 is 5.89. The predicted octanol–water partition coefficient (Wildman–Crippen LogP) is 5.87. The van der Waals surface area contributed by atoms with Gasteiger partial charge in [-0.25, -0.2) is 0 Å². The maximum atomic E-state index is 12.5. The van der Waals surface area contributed by atoms with Crippen molar-refractivity contribution < 1.29 is 14.3 Å². The molecule has 4 rings (SSSR count). The minimum Gasteiger partial charge on any atom is -0.490 e. The van der Waals surface area contributed by atoms with Crippen LogP contribution in [0.1, 0.15) is 57.7 Å². The number of amides is 2. The molecule has 1 heterocycles. The zero-order valence-electron chi connectivity index (χ0n) is 18.5. The summed E-state index contributed by atoms with van der Waals surface area (Å²) in [6.45, 7) is 4.46. The van der Waals surface area contributed by atoms with Gasteiger partial charge in [-0.15, -0.1) is 0 Å². The van der Waals surface area contributed by atoms with Gasteiger partial charge in [0.2, 0.25) is 0 Å². The number of carbonyl (C=O) groups excluding carboxylic acids is 2. The van der Waals surface area contributed by atoms with Gasteiger partial charge in [-0.3, -0.25) is 14.5 Å². The molecule has 0 spiro atoms. The first-order valence-electron chi connectivity index (χ1n) is 11.0. The largest absolute Gasteiger partial charge is 0.490 e. The number of rotatable bonds is 8. The van der Waals surface area contributed by atoms with Gasteiger partial charge in [0.05, 0.1) is 17.2 Å². The smallest absolute Gasteiger partial charge is 0.261 e. The average Bonchev–Trinajstić information content (AvgIpc) is 3.03. The maximum Gasteiger partial charge on any atom is 0.261 e. The Morgan fingerprint density at radius 2 is 1.53 bits per heavy atom. The van der Waals surface area contributed by atoms with Crippen LogP contribution in [-0.4, -0.2) is 29.4 Å². The van der Waals surface area contributed by atoms with Gasteiger partial charge in [0.15, 0.2) is 0 Å². The highest BCUT2D eigenvalue weighted by molar-refractivity contribution is 6.21. The first-order valence-corrected chi connectivity index (χ1v) is 11.0. The SMILES string of the molecule is CC(C)Oc1ccccc1C=Cc1cccc(CCCN2C(=O)c3ccccc3C2=O)c1. The Morgan fingerprint density at radius 1 is 0.844 bits per heavy atom. The van der Waals surface area contributed by atoms with E-state index in [1.807, 2.05) is 44.2 Å². The predicted molar refractivity (Wildman–Crippen MR) is 128 cm³/mol. The summed E-state index contributed by atoms with van der Waals surface area (Å²) in [5.74, 6) is 0.491. The lowest BCUT2D eigenvalue weighted by Crippen LogP contribution is -2.30. The van der Waals surface area contributed by atoms with Gasteiger partial charge in [-0.1, -0.05) is 66.7 Å². The van der Waals surface area contributed by atoms with Crippen molar-refractivity contribution in [3.8, 4) is 5.75 Å². The molecule has 3 aromatic carbocycles. The molecule has 4 nitrogen and oxygen atoms in total. The summed E-state index contributed by atoms with van der Waals surface area (Å²) in [6.07, 6.45) is 5.78. The molecule has 162 valence electrons. The zero-order chi connectivity index (χ0) is 22.5. The second-order valence-electron chi connectivity index (χ2n) is 8.19. The number of hydrogen-bond acceptors (Lipinski definition) is 3. The number of fused-ring (bicyclic) bond motifs is 1. The Hall–Kier alpha value is -3.66. The average molecular weight is 426 g/mol. The molecule has 0 unspecified atom stereocenters. The summed E-state index contributed by atoms with van der Waals surface area (Å²) >= 11 is 0. The minimum atomic E-state index is -0.190. The molecule has 32 heavy (non-hydrogen) atoms. The van der Waals surface area contributed by atoms with E-state index in [1.165, 1.54) is 10.5 Å². The number of benzene rings is 3. The van der Waals surface area contributed by atoms with Crippen LogP contribution in [0.5, 0.6) is 5.75 Å². The van der Waals surface area contributed by atoms with E-state index in [9.17, 15) is 9.59 Å². The molecule has 2 amide bonds. The van der Waals surface area contributed by atoms with Crippen LogP contribution in [-0.2, 0) is 6.42 Å². The van der Waals surface area contributed by atoms with Crippen molar-refractivity contribution in [2.45, 2.75) is 32.8 Å². The molecule has 0 saturated carbocycles. The first kappa shape index (κ1) is 21.6. The molecule has 3 aromatic rings. The number of para-hydroxylation sites is 1. The van der Waals surface area contributed by atoms with Crippen LogP contribution in [0.3, 0.4) is 0 Å². The highest BCUT2D eigenvalue weighted by Crippen LogP contribution is 2.24. The van der Waals surface area contributed by atoms with Gasteiger partial charge in [0.1, 0.15) is 5.75 Å². The summed E-state index contributed by atoms with van der Waals surface area (Å²) in [7, 11) is 0. The Bertz CT molecular complexity index is 1130. The molecule has 0 aromatic heterocycles. The number of aryl methyl sites for hydroxylation is 1. The van der Waals surface area contributed by atoms with Gasteiger partial charge in [-0.2, -0.15) is 0 Å². The van der Waals surface area contributed by atoms with Crippen molar-refractivity contribution >= 4 is 24.0 Å². The molecule has 0 bridgehead atoms. The third kappa shape index (κ3) is 4.80. The topological polar surface area (TPSA) is 46.6 Å². The van der Waals surface area contributed by atoms with Crippen LogP contribution in [0.15, 0.2) is 72.8 Å². The quantitative estimate of drug-likeness (QED) is 0.335. The van der Waals surface area contributed by atoms with Crippen molar-refractivity contribution in [3.05, 3.63) is 101 Å². The van der Waals surface area contributed by atoms with Crippen molar-refractivity contribution in [2.75, 3.05) is 6.54 Å². The molecule has 0 atom stereocenters. The van der Waals surface area contributed by atoms with Crippen molar-refractivity contribution in [1.29, 1.82) is 0 Å². The number of carbonyl (C=O) groups is 2. The van der Waals surface area contributed by atoms with E-state index >= 15 is 0 Å². The Morgan fingerprint density at radius 3 is 2.25 bits per heavy atom. The fraction of sp³-hybridized carbons (Fsp3) is 0.214. The zero-order valence-corrected chi connectivity index (χ0v) is 18.5. The fourth-order valence-corrected chi connectivity index (χ4v) is 3.90. The molecule has 0 aliphatic carbocycles.